The van der Waals surface area contributed by atoms with Crippen molar-refractivity contribution >= 4 is 10.3 Å². The molecule has 0 saturated heterocycles. The third-order valence-electron chi connectivity index (χ3n) is 6.60. The van der Waals surface area contributed by atoms with E-state index < -0.39 is 10.3 Å². The van der Waals surface area contributed by atoms with Crippen LogP contribution in [-0.4, -0.2) is 65.4 Å². The Bertz CT molecular complexity index is 1140. The number of nitrogens with zero attached hydrogens (tertiary/aromatic N) is 1. The summed E-state index contributed by atoms with van der Waals surface area (Å²) in [6.07, 6.45) is 13.5. The van der Waals surface area contributed by atoms with Crippen LogP contribution in [0.5, 0.6) is 17.2 Å². The van der Waals surface area contributed by atoms with Crippen LogP contribution in [0.2, 0.25) is 0 Å². The number of aryl methyl sites for hydroxylation is 1. The number of terminal acetylenes is 1. The number of hydrogen-bond donors (Lipinski definition) is 2. The van der Waals surface area contributed by atoms with Crippen LogP contribution in [0.25, 0.3) is 0 Å². The molecule has 0 bridgehead atoms. The second kappa shape index (κ2) is 16.2. The smallest absolute Gasteiger partial charge is 0.333 e. The molecule has 2 N–H and O–H groups in total. The van der Waals surface area contributed by atoms with E-state index in [1.165, 1.54) is 17.5 Å². The Hall–Kier alpha value is -2.77. The second-order valence-corrected chi connectivity index (χ2v) is 10.6. The Kier molecular flexibility index (Phi) is 13.4. The molecule has 2 aromatic rings. The van der Waals surface area contributed by atoms with Gasteiger partial charge in [-0.2, -0.15) is 13.1 Å². The molecule has 0 radical (unpaired) electrons. The first kappa shape index (κ1) is 31.4. The highest BCUT2D eigenvalue weighted by molar-refractivity contribution is 7.83. The van der Waals surface area contributed by atoms with Gasteiger partial charge in [0.25, 0.3) is 0 Å². The fraction of sp³-hybridized carbons (Fsp3) is 0.517. The standard InChI is InChI=1S/C23H29NO3.C6H13NO3S/c1-6-19-10-11-21(25-3)17-20(19)8-7-14-24(2)15-13-18-9-12-22(26-4)23(16-18)27-5;8-11(9,10)7-6-4-2-1-3-5-6/h1,9-12,16-17H,7-8,13-15H2,2-5H3;6-7H,1-5H2,(H,8,9,10). The van der Waals surface area contributed by atoms with Crippen molar-refractivity contribution in [1.82, 2.24) is 9.62 Å². The third-order valence-corrected chi connectivity index (χ3v) is 7.24. The predicted molar refractivity (Wildman–Crippen MR) is 152 cm³/mol. The first-order valence-electron chi connectivity index (χ1n) is 13.0. The molecular weight excluding hydrogens is 504 g/mol. The summed E-state index contributed by atoms with van der Waals surface area (Å²) >= 11 is 0. The summed E-state index contributed by atoms with van der Waals surface area (Å²) in [5.41, 5.74) is 3.36. The van der Waals surface area contributed by atoms with Crippen molar-refractivity contribution in [1.29, 1.82) is 0 Å². The number of nitrogens with one attached hydrogen (secondary N) is 1. The van der Waals surface area contributed by atoms with Gasteiger partial charge in [-0.25, -0.2) is 0 Å². The molecule has 2 aromatic carbocycles. The SMILES string of the molecule is C#Cc1ccc(OC)cc1CCCN(C)CCc1ccc(OC)c(OC)c1.O=S(=O)(O)NC1CCCCC1. The van der Waals surface area contributed by atoms with Gasteiger partial charge in [-0.15, -0.1) is 6.42 Å². The molecule has 8 nitrogen and oxygen atoms in total. The van der Waals surface area contributed by atoms with Gasteiger partial charge in [0.1, 0.15) is 5.75 Å². The highest BCUT2D eigenvalue weighted by Gasteiger charge is 2.17. The average Bonchev–Trinajstić information content (AvgIpc) is 2.91. The van der Waals surface area contributed by atoms with Gasteiger partial charge in [0.15, 0.2) is 11.5 Å². The second-order valence-electron chi connectivity index (χ2n) is 9.44. The normalized spacial score (nSPS) is 13.8. The molecule has 0 spiro atoms. The van der Waals surface area contributed by atoms with E-state index in [9.17, 15) is 8.42 Å². The molecule has 1 aliphatic rings. The fourth-order valence-electron chi connectivity index (χ4n) is 4.48. The summed E-state index contributed by atoms with van der Waals surface area (Å²) in [6, 6.07) is 12.0. The molecule has 0 atom stereocenters. The molecule has 0 aromatic heterocycles. The van der Waals surface area contributed by atoms with Crippen LogP contribution in [0.15, 0.2) is 36.4 Å². The van der Waals surface area contributed by atoms with E-state index in [-0.39, 0.29) is 6.04 Å². The minimum absolute atomic E-state index is 0.0428. The van der Waals surface area contributed by atoms with Crippen LogP contribution in [0.3, 0.4) is 0 Å². The van der Waals surface area contributed by atoms with Crippen LogP contribution in [0.1, 0.15) is 55.2 Å². The zero-order valence-electron chi connectivity index (χ0n) is 23.0. The van der Waals surface area contributed by atoms with Gasteiger partial charge < -0.3 is 19.1 Å². The first-order chi connectivity index (χ1) is 18.2. The van der Waals surface area contributed by atoms with Gasteiger partial charge in [0, 0.05) is 18.2 Å². The fourth-order valence-corrected chi connectivity index (χ4v) is 5.14. The molecule has 0 amide bonds. The topological polar surface area (TPSA) is 97.3 Å². The Labute approximate surface area is 228 Å². The van der Waals surface area contributed by atoms with Gasteiger partial charge >= 0.3 is 10.3 Å². The molecule has 0 aliphatic heterocycles. The Balaban J connectivity index is 0.000000384. The quantitative estimate of drug-likeness (QED) is 0.299. The zero-order valence-corrected chi connectivity index (χ0v) is 23.9. The maximum absolute atomic E-state index is 10.3. The van der Waals surface area contributed by atoms with Crippen molar-refractivity contribution in [3.63, 3.8) is 0 Å². The monoisotopic (exact) mass is 546 g/mol. The molecule has 0 heterocycles. The molecule has 3 rings (SSSR count). The van der Waals surface area contributed by atoms with Crippen LogP contribution in [-0.2, 0) is 23.1 Å². The van der Waals surface area contributed by atoms with E-state index in [0.29, 0.717) is 0 Å². The zero-order chi connectivity index (χ0) is 28.0. The lowest BCUT2D eigenvalue weighted by Crippen LogP contribution is -2.35. The molecule has 210 valence electrons. The Morgan fingerprint density at radius 3 is 2.29 bits per heavy atom. The average molecular weight is 547 g/mol. The predicted octanol–water partition coefficient (Wildman–Crippen LogP) is 4.51. The van der Waals surface area contributed by atoms with Crippen LogP contribution < -0.4 is 18.9 Å². The number of methoxy groups -OCH3 is 3. The van der Waals surface area contributed by atoms with Crippen LogP contribution >= 0.6 is 0 Å². The van der Waals surface area contributed by atoms with Gasteiger partial charge in [0.05, 0.1) is 21.3 Å². The number of benzene rings is 2. The molecule has 38 heavy (non-hydrogen) atoms. The third kappa shape index (κ3) is 11.3. The van der Waals surface area contributed by atoms with Crippen molar-refractivity contribution in [3.05, 3.63) is 53.1 Å². The Morgan fingerprint density at radius 2 is 1.68 bits per heavy atom. The number of likely N-dealkylation sites (N-methyl/N-ethyl adjacent to an activating group) is 1. The lowest BCUT2D eigenvalue weighted by Gasteiger charge is -2.20. The molecule has 0 unspecified atom stereocenters. The molecular formula is C29H42N2O6S. The molecule has 1 saturated carbocycles. The molecule has 9 heteroatoms. The van der Waals surface area contributed by atoms with E-state index in [4.69, 9.17) is 25.2 Å². The number of hydrogen-bond acceptors (Lipinski definition) is 6. The lowest BCUT2D eigenvalue weighted by molar-refractivity contribution is 0.332. The summed E-state index contributed by atoms with van der Waals surface area (Å²) in [5.74, 6) is 5.15. The minimum Gasteiger partial charge on any atom is -0.497 e. The number of rotatable bonds is 12. The van der Waals surface area contributed by atoms with Gasteiger partial charge in [-0.05, 0) is 87.2 Å². The van der Waals surface area contributed by atoms with Crippen molar-refractivity contribution in [2.24, 2.45) is 0 Å². The Morgan fingerprint density at radius 1 is 0.974 bits per heavy atom. The summed E-state index contributed by atoms with van der Waals surface area (Å²) in [4.78, 5) is 2.34. The highest BCUT2D eigenvalue weighted by Crippen LogP contribution is 2.27. The van der Waals surface area contributed by atoms with Gasteiger partial charge in [0.2, 0.25) is 0 Å². The van der Waals surface area contributed by atoms with Crippen LogP contribution in [0, 0.1) is 12.3 Å². The summed E-state index contributed by atoms with van der Waals surface area (Å²) < 4.78 is 47.3. The minimum atomic E-state index is -3.97. The molecule has 1 fully saturated rings. The highest BCUT2D eigenvalue weighted by atomic mass is 32.2. The first-order valence-corrected chi connectivity index (χ1v) is 14.4. The maximum Gasteiger partial charge on any atom is 0.333 e. The lowest BCUT2D eigenvalue weighted by atomic mass is 9.96. The van der Waals surface area contributed by atoms with E-state index in [1.54, 1.807) is 21.3 Å². The van der Waals surface area contributed by atoms with Crippen molar-refractivity contribution in [2.45, 2.75) is 57.4 Å². The molecule has 1 aliphatic carbocycles. The van der Waals surface area contributed by atoms with E-state index in [1.807, 2.05) is 30.3 Å². The summed E-state index contributed by atoms with van der Waals surface area (Å²) in [7, 11) is 3.17. The van der Waals surface area contributed by atoms with Crippen LogP contribution in [0.4, 0.5) is 0 Å². The summed E-state index contributed by atoms with van der Waals surface area (Å²) in [5, 5.41) is 0. The number of ether oxygens (including phenoxy) is 3. The van der Waals surface area contributed by atoms with Crippen molar-refractivity contribution in [3.8, 4) is 29.6 Å². The maximum atomic E-state index is 10.3. The van der Waals surface area contributed by atoms with Gasteiger partial charge in [-0.1, -0.05) is 31.2 Å². The van der Waals surface area contributed by atoms with Gasteiger partial charge in [-0.3, -0.25) is 4.55 Å². The largest absolute Gasteiger partial charge is 0.497 e. The summed E-state index contributed by atoms with van der Waals surface area (Å²) in [6.45, 7) is 1.99. The van der Waals surface area contributed by atoms with E-state index >= 15 is 0 Å². The van der Waals surface area contributed by atoms with E-state index in [0.717, 1.165) is 80.8 Å². The van der Waals surface area contributed by atoms with Crippen molar-refractivity contribution < 1.29 is 27.2 Å². The van der Waals surface area contributed by atoms with E-state index in [2.05, 4.69) is 28.7 Å². The van der Waals surface area contributed by atoms with Crippen molar-refractivity contribution in [2.75, 3.05) is 41.5 Å².